The van der Waals surface area contributed by atoms with Crippen molar-refractivity contribution in [2.45, 2.75) is 38.1 Å². The number of fused-ring (bicyclic) bond motifs is 1. The van der Waals surface area contributed by atoms with E-state index in [0.717, 1.165) is 36.4 Å². The van der Waals surface area contributed by atoms with Crippen LogP contribution in [-0.4, -0.2) is 34.4 Å². The molecule has 0 spiro atoms. The molecule has 0 bridgehead atoms. The van der Waals surface area contributed by atoms with Gasteiger partial charge in [-0.25, -0.2) is 4.98 Å². The summed E-state index contributed by atoms with van der Waals surface area (Å²) in [7, 11) is 0. The predicted octanol–water partition coefficient (Wildman–Crippen LogP) is 2.06. The molecule has 0 amide bonds. The van der Waals surface area contributed by atoms with Crippen molar-refractivity contribution in [3.63, 3.8) is 0 Å². The molecule has 20 heavy (non-hydrogen) atoms. The summed E-state index contributed by atoms with van der Waals surface area (Å²) in [4.78, 5) is 4.91. The first-order valence-electron chi connectivity index (χ1n) is 7.58. The lowest BCUT2D eigenvalue weighted by atomic mass is 9.77. The van der Waals surface area contributed by atoms with Crippen LogP contribution >= 0.6 is 0 Å². The maximum Gasteiger partial charge on any atom is 0.117 e. The minimum absolute atomic E-state index is 0.104. The molecule has 1 atom stereocenters. The van der Waals surface area contributed by atoms with Gasteiger partial charge in [-0.2, -0.15) is 0 Å². The summed E-state index contributed by atoms with van der Waals surface area (Å²) in [5.74, 6) is 1.14. The van der Waals surface area contributed by atoms with Crippen LogP contribution in [0.2, 0.25) is 0 Å². The predicted molar refractivity (Wildman–Crippen MR) is 80.9 cm³/mol. The van der Waals surface area contributed by atoms with E-state index < -0.39 is 0 Å². The summed E-state index contributed by atoms with van der Waals surface area (Å²) in [6.07, 6.45) is 3.44. The number of para-hydroxylation sites is 2. The second-order valence-corrected chi connectivity index (χ2v) is 5.71. The molecule has 1 fully saturated rings. The molecule has 1 aliphatic heterocycles. The molecule has 1 unspecified atom stereocenters. The van der Waals surface area contributed by atoms with Crippen molar-refractivity contribution in [2.75, 3.05) is 19.7 Å². The Hall–Kier alpha value is -1.39. The molecule has 2 N–H and O–H groups in total. The first-order chi connectivity index (χ1) is 9.80. The lowest BCUT2D eigenvalue weighted by molar-refractivity contribution is 0.252. The van der Waals surface area contributed by atoms with Crippen molar-refractivity contribution in [1.82, 2.24) is 14.9 Å². The fourth-order valence-corrected chi connectivity index (χ4v) is 3.43. The Bertz CT molecular complexity index is 584. The smallest absolute Gasteiger partial charge is 0.117 e. The highest BCUT2D eigenvalue weighted by atomic mass is 16.3. The number of benzene rings is 1. The average molecular weight is 273 g/mol. The van der Waals surface area contributed by atoms with Gasteiger partial charge < -0.3 is 15.0 Å². The van der Waals surface area contributed by atoms with E-state index >= 15 is 0 Å². The molecule has 2 aromatic rings. The van der Waals surface area contributed by atoms with Crippen molar-refractivity contribution in [3.05, 3.63) is 30.1 Å². The normalized spacial score (nSPS) is 23.3. The third-order valence-corrected chi connectivity index (χ3v) is 4.60. The van der Waals surface area contributed by atoms with Crippen LogP contribution < -0.4 is 5.32 Å². The minimum Gasteiger partial charge on any atom is -0.395 e. The Morgan fingerprint density at radius 1 is 1.40 bits per heavy atom. The van der Waals surface area contributed by atoms with Gasteiger partial charge in [0.1, 0.15) is 5.82 Å². The molecule has 4 heteroatoms. The largest absolute Gasteiger partial charge is 0.395 e. The van der Waals surface area contributed by atoms with Gasteiger partial charge in [0.15, 0.2) is 0 Å². The van der Waals surface area contributed by atoms with E-state index in [2.05, 4.69) is 28.9 Å². The van der Waals surface area contributed by atoms with E-state index in [1.54, 1.807) is 0 Å². The summed E-state index contributed by atoms with van der Waals surface area (Å²) in [5, 5.41) is 12.9. The number of aromatic nitrogens is 2. The highest BCUT2D eigenvalue weighted by Gasteiger charge is 2.36. The summed E-state index contributed by atoms with van der Waals surface area (Å²) < 4.78 is 2.21. The molecule has 4 nitrogen and oxygen atoms in total. The molecule has 0 saturated carbocycles. The number of aliphatic hydroxyl groups excluding tert-OH is 1. The first-order valence-corrected chi connectivity index (χ1v) is 7.58. The molecule has 2 heterocycles. The molecule has 1 aromatic carbocycles. The molecule has 0 radical (unpaired) electrons. The fraction of sp³-hybridized carbons (Fsp3) is 0.562. The lowest BCUT2D eigenvalue weighted by Gasteiger charge is -2.36. The van der Waals surface area contributed by atoms with Gasteiger partial charge in [0.05, 0.1) is 17.6 Å². The topological polar surface area (TPSA) is 50.1 Å². The zero-order chi connectivity index (χ0) is 14.0. The Morgan fingerprint density at radius 2 is 2.25 bits per heavy atom. The highest BCUT2D eigenvalue weighted by molar-refractivity contribution is 5.76. The summed E-state index contributed by atoms with van der Waals surface area (Å²) in [5.41, 5.74) is 2.27. The first kappa shape index (κ1) is 13.6. The van der Waals surface area contributed by atoms with E-state index in [1.807, 2.05) is 12.1 Å². The van der Waals surface area contributed by atoms with Crippen molar-refractivity contribution < 1.29 is 5.11 Å². The third-order valence-electron chi connectivity index (χ3n) is 4.60. The molecule has 108 valence electrons. The van der Waals surface area contributed by atoms with E-state index in [1.165, 1.54) is 12.8 Å². The lowest BCUT2D eigenvalue weighted by Crippen LogP contribution is -2.44. The second-order valence-electron chi connectivity index (χ2n) is 5.71. The Morgan fingerprint density at radius 3 is 2.95 bits per heavy atom. The van der Waals surface area contributed by atoms with Crippen LogP contribution in [0.3, 0.4) is 0 Å². The van der Waals surface area contributed by atoms with E-state index in [4.69, 9.17) is 4.98 Å². The van der Waals surface area contributed by atoms with Crippen LogP contribution in [-0.2, 0) is 12.0 Å². The summed E-state index contributed by atoms with van der Waals surface area (Å²) in [6, 6.07) is 8.23. The zero-order valence-corrected chi connectivity index (χ0v) is 12.1. The zero-order valence-electron chi connectivity index (χ0n) is 12.1. The highest BCUT2D eigenvalue weighted by Crippen LogP contribution is 2.35. The molecule has 0 aliphatic carbocycles. The number of hydrogen-bond donors (Lipinski definition) is 2. The maximum atomic E-state index is 9.41. The Kier molecular flexibility index (Phi) is 3.76. The van der Waals surface area contributed by atoms with Gasteiger partial charge in [-0.05, 0) is 37.9 Å². The second kappa shape index (κ2) is 5.54. The summed E-state index contributed by atoms with van der Waals surface area (Å²) >= 11 is 0. The van der Waals surface area contributed by atoms with Gasteiger partial charge in [-0.3, -0.25) is 0 Å². The van der Waals surface area contributed by atoms with Crippen LogP contribution in [0.4, 0.5) is 0 Å². The number of imidazole rings is 1. The quantitative estimate of drug-likeness (QED) is 0.896. The molecule has 3 rings (SSSR count). The van der Waals surface area contributed by atoms with E-state index in [9.17, 15) is 5.11 Å². The number of rotatable bonds is 4. The van der Waals surface area contributed by atoms with Gasteiger partial charge in [0.25, 0.3) is 0 Å². The number of piperidine rings is 1. The average Bonchev–Trinajstić information content (AvgIpc) is 2.88. The number of hydrogen-bond acceptors (Lipinski definition) is 3. The molecule has 1 aliphatic rings. The third kappa shape index (κ3) is 2.13. The van der Waals surface area contributed by atoms with Crippen molar-refractivity contribution in [3.8, 4) is 0 Å². The van der Waals surface area contributed by atoms with Crippen LogP contribution in [0, 0.1) is 0 Å². The standard InChI is InChI=1S/C16H23N3O/c1-2-16(8-5-9-17-12-16)15-18-13-6-3-4-7-14(13)19(15)10-11-20/h3-4,6-7,17,20H,2,5,8-12H2,1H3. The summed E-state index contributed by atoms with van der Waals surface area (Å²) in [6.45, 7) is 5.11. The molecular formula is C16H23N3O. The number of nitrogens with zero attached hydrogens (tertiary/aromatic N) is 2. The van der Waals surface area contributed by atoms with Gasteiger partial charge in [0, 0.05) is 18.5 Å². The van der Waals surface area contributed by atoms with Crippen molar-refractivity contribution >= 4 is 11.0 Å². The van der Waals surface area contributed by atoms with Crippen LogP contribution in [0.25, 0.3) is 11.0 Å². The van der Waals surface area contributed by atoms with Crippen LogP contribution in [0.1, 0.15) is 32.0 Å². The van der Waals surface area contributed by atoms with Gasteiger partial charge in [-0.1, -0.05) is 19.1 Å². The van der Waals surface area contributed by atoms with Gasteiger partial charge >= 0.3 is 0 Å². The maximum absolute atomic E-state index is 9.41. The van der Waals surface area contributed by atoms with E-state index in [-0.39, 0.29) is 12.0 Å². The minimum atomic E-state index is 0.104. The Balaban J connectivity index is 2.15. The van der Waals surface area contributed by atoms with Gasteiger partial charge in [0.2, 0.25) is 0 Å². The van der Waals surface area contributed by atoms with Crippen molar-refractivity contribution in [1.29, 1.82) is 0 Å². The van der Waals surface area contributed by atoms with Crippen LogP contribution in [0.15, 0.2) is 24.3 Å². The molecular weight excluding hydrogens is 250 g/mol. The SMILES string of the molecule is CCC1(c2nc3ccccc3n2CCO)CCCNC1. The number of nitrogens with one attached hydrogen (secondary N) is 1. The number of aliphatic hydroxyl groups is 1. The molecule has 1 saturated heterocycles. The Labute approximate surface area is 119 Å². The molecule has 1 aromatic heterocycles. The van der Waals surface area contributed by atoms with Gasteiger partial charge in [-0.15, -0.1) is 0 Å². The van der Waals surface area contributed by atoms with Crippen molar-refractivity contribution in [2.24, 2.45) is 0 Å². The monoisotopic (exact) mass is 273 g/mol. The van der Waals surface area contributed by atoms with E-state index in [0.29, 0.717) is 6.54 Å². The van der Waals surface area contributed by atoms with Crippen LogP contribution in [0.5, 0.6) is 0 Å². The fourth-order valence-electron chi connectivity index (χ4n) is 3.43.